The minimum Gasteiger partial charge on any atom is -0.361 e. The van der Waals surface area contributed by atoms with Crippen LogP contribution in [-0.2, 0) is 11.2 Å². The van der Waals surface area contributed by atoms with Gasteiger partial charge in [0.1, 0.15) is 5.76 Å². The molecule has 0 atom stereocenters. The van der Waals surface area contributed by atoms with Gasteiger partial charge in [0.25, 0.3) is 5.91 Å². The van der Waals surface area contributed by atoms with E-state index in [2.05, 4.69) is 20.8 Å². The van der Waals surface area contributed by atoms with Gasteiger partial charge in [-0.25, -0.2) is 0 Å². The van der Waals surface area contributed by atoms with Crippen LogP contribution in [0.15, 0.2) is 28.9 Å². The Kier molecular flexibility index (Phi) is 4.65. The number of aryl methyl sites for hydroxylation is 2. The first-order chi connectivity index (χ1) is 10.1. The summed E-state index contributed by atoms with van der Waals surface area (Å²) < 4.78 is 4.86. The molecule has 0 aliphatic carbocycles. The van der Waals surface area contributed by atoms with Crippen molar-refractivity contribution in [2.75, 3.05) is 12.4 Å². The summed E-state index contributed by atoms with van der Waals surface area (Å²) in [6, 6.07) is 4.96. The van der Waals surface area contributed by atoms with Gasteiger partial charge in [-0.2, -0.15) is 0 Å². The van der Waals surface area contributed by atoms with Gasteiger partial charge in [-0.3, -0.25) is 14.6 Å². The van der Waals surface area contributed by atoms with Crippen LogP contribution in [0, 0.1) is 6.92 Å². The van der Waals surface area contributed by atoms with E-state index in [0.717, 1.165) is 5.69 Å². The maximum absolute atomic E-state index is 11.9. The van der Waals surface area contributed by atoms with Crippen LogP contribution in [0.2, 0.25) is 0 Å². The van der Waals surface area contributed by atoms with Crippen LogP contribution in [-0.4, -0.2) is 29.0 Å². The molecule has 0 unspecified atom stereocenters. The first-order valence-electron chi connectivity index (χ1n) is 6.48. The maximum Gasteiger partial charge on any atom is 0.277 e. The molecule has 7 nitrogen and oxygen atoms in total. The molecule has 110 valence electrons. The number of aromatic nitrogens is 2. The van der Waals surface area contributed by atoms with Crippen molar-refractivity contribution in [1.82, 2.24) is 15.5 Å². The predicted octanol–water partition coefficient (Wildman–Crippen LogP) is 1.31. The van der Waals surface area contributed by atoms with Crippen LogP contribution in [0.3, 0.4) is 0 Å². The second-order valence-electron chi connectivity index (χ2n) is 4.49. The largest absolute Gasteiger partial charge is 0.361 e. The monoisotopic (exact) mass is 288 g/mol. The Labute approximate surface area is 121 Å². The summed E-state index contributed by atoms with van der Waals surface area (Å²) in [7, 11) is 1.59. The van der Waals surface area contributed by atoms with Gasteiger partial charge in [0.05, 0.1) is 0 Å². The minimum atomic E-state index is -0.352. The molecule has 0 radical (unpaired) electrons. The molecule has 0 aliphatic rings. The van der Waals surface area contributed by atoms with E-state index in [-0.39, 0.29) is 17.5 Å². The fourth-order valence-corrected chi connectivity index (χ4v) is 1.73. The highest BCUT2D eigenvalue weighted by Gasteiger charge is 2.11. The SMILES string of the molecule is CNC(=O)CCc1cc(NC(=O)c2cc(C)on2)ccn1. The van der Waals surface area contributed by atoms with Crippen molar-refractivity contribution in [3.63, 3.8) is 0 Å². The lowest BCUT2D eigenvalue weighted by Gasteiger charge is -2.05. The van der Waals surface area contributed by atoms with Crippen LogP contribution >= 0.6 is 0 Å². The molecule has 0 fully saturated rings. The van der Waals surface area contributed by atoms with E-state index in [0.29, 0.717) is 24.3 Å². The summed E-state index contributed by atoms with van der Waals surface area (Å²) >= 11 is 0. The fraction of sp³-hybridized carbons (Fsp3) is 0.286. The number of hydrogen-bond donors (Lipinski definition) is 2. The molecule has 0 spiro atoms. The number of rotatable bonds is 5. The van der Waals surface area contributed by atoms with Gasteiger partial charge in [0.15, 0.2) is 5.69 Å². The summed E-state index contributed by atoms with van der Waals surface area (Å²) in [5.74, 6) is 0.167. The molecular weight excluding hydrogens is 272 g/mol. The first kappa shape index (κ1) is 14.7. The molecule has 2 rings (SSSR count). The number of carbonyl (C=O) groups excluding carboxylic acids is 2. The molecule has 2 amide bonds. The van der Waals surface area contributed by atoms with E-state index in [1.165, 1.54) is 0 Å². The topological polar surface area (TPSA) is 97.1 Å². The average molecular weight is 288 g/mol. The number of nitrogens with zero attached hydrogens (tertiary/aromatic N) is 2. The summed E-state index contributed by atoms with van der Waals surface area (Å²) in [6.07, 6.45) is 2.44. The van der Waals surface area contributed by atoms with Gasteiger partial charge in [0.2, 0.25) is 5.91 Å². The Morgan fingerprint density at radius 1 is 1.33 bits per heavy atom. The van der Waals surface area contributed by atoms with Crippen LogP contribution < -0.4 is 10.6 Å². The van der Waals surface area contributed by atoms with Crippen molar-refractivity contribution >= 4 is 17.5 Å². The molecule has 0 bridgehead atoms. The number of amides is 2. The zero-order chi connectivity index (χ0) is 15.2. The van der Waals surface area contributed by atoms with Crippen molar-refractivity contribution in [3.8, 4) is 0 Å². The third-order valence-electron chi connectivity index (χ3n) is 2.82. The molecule has 21 heavy (non-hydrogen) atoms. The number of nitrogens with one attached hydrogen (secondary N) is 2. The van der Waals surface area contributed by atoms with Crippen LogP contribution in [0.5, 0.6) is 0 Å². The van der Waals surface area contributed by atoms with E-state index in [1.54, 1.807) is 38.4 Å². The Hall–Kier alpha value is -2.70. The van der Waals surface area contributed by atoms with Crippen LogP contribution in [0.1, 0.15) is 28.4 Å². The second-order valence-corrected chi connectivity index (χ2v) is 4.49. The van der Waals surface area contributed by atoms with Gasteiger partial charge in [0, 0.05) is 37.1 Å². The minimum absolute atomic E-state index is 0.0516. The summed E-state index contributed by atoms with van der Waals surface area (Å²) in [5, 5.41) is 8.91. The van der Waals surface area contributed by atoms with Crippen molar-refractivity contribution in [3.05, 3.63) is 41.5 Å². The van der Waals surface area contributed by atoms with Crippen LogP contribution in [0.4, 0.5) is 5.69 Å². The number of carbonyl (C=O) groups is 2. The second kappa shape index (κ2) is 6.65. The van der Waals surface area contributed by atoms with Crippen LogP contribution in [0.25, 0.3) is 0 Å². The molecule has 7 heteroatoms. The van der Waals surface area contributed by atoms with E-state index in [9.17, 15) is 9.59 Å². The first-order valence-corrected chi connectivity index (χ1v) is 6.48. The molecule has 2 N–H and O–H groups in total. The highest BCUT2D eigenvalue weighted by atomic mass is 16.5. The summed E-state index contributed by atoms with van der Waals surface area (Å²) in [4.78, 5) is 27.3. The Bertz CT molecular complexity index is 651. The molecule has 0 aliphatic heterocycles. The van der Waals surface area contributed by atoms with Gasteiger partial charge < -0.3 is 15.2 Å². The molecule has 2 aromatic heterocycles. The van der Waals surface area contributed by atoms with Gasteiger partial charge in [-0.05, 0) is 25.5 Å². The lowest BCUT2D eigenvalue weighted by atomic mass is 10.2. The van der Waals surface area contributed by atoms with Crippen molar-refractivity contribution in [1.29, 1.82) is 0 Å². The van der Waals surface area contributed by atoms with Gasteiger partial charge in [-0.15, -0.1) is 0 Å². The number of anilines is 1. The molecule has 0 aromatic carbocycles. The van der Waals surface area contributed by atoms with Crippen molar-refractivity contribution in [2.45, 2.75) is 19.8 Å². The third-order valence-corrected chi connectivity index (χ3v) is 2.82. The molecule has 0 saturated heterocycles. The summed E-state index contributed by atoms with van der Waals surface area (Å²) in [6.45, 7) is 1.72. The molecular formula is C14H16N4O3. The van der Waals surface area contributed by atoms with E-state index >= 15 is 0 Å². The lowest BCUT2D eigenvalue weighted by molar-refractivity contribution is -0.120. The van der Waals surface area contributed by atoms with Gasteiger partial charge >= 0.3 is 0 Å². The number of pyridine rings is 1. The normalized spacial score (nSPS) is 10.2. The molecule has 2 heterocycles. The van der Waals surface area contributed by atoms with Crippen molar-refractivity contribution < 1.29 is 14.1 Å². The van der Waals surface area contributed by atoms with E-state index < -0.39 is 0 Å². The summed E-state index contributed by atoms with van der Waals surface area (Å²) in [5.41, 5.74) is 1.55. The smallest absolute Gasteiger partial charge is 0.277 e. The highest BCUT2D eigenvalue weighted by Crippen LogP contribution is 2.11. The third kappa shape index (κ3) is 4.13. The quantitative estimate of drug-likeness (QED) is 0.864. The molecule has 0 saturated carbocycles. The van der Waals surface area contributed by atoms with Gasteiger partial charge in [-0.1, -0.05) is 5.16 Å². The zero-order valence-corrected chi connectivity index (χ0v) is 11.8. The van der Waals surface area contributed by atoms with Crippen molar-refractivity contribution in [2.24, 2.45) is 0 Å². The maximum atomic E-state index is 11.9. The average Bonchev–Trinajstić information content (AvgIpc) is 2.92. The molecule has 2 aromatic rings. The highest BCUT2D eigenvalue weighted by molar-refractivity contribution is 6.02. The van der Waals surface area contributed by atoms with E-state index in [1.807, 2.05) is 0 Å². The van der Waals surface area contributed by atoms with E-state index in [4.69, 9.17) is 4.52 Å². The zero-order valence-electron chi connectivity index (χ0n) is 11.8. The Balaban J connectivity index is 2.00. The fourth-order valence-electron chi connectivity index (χ4n) is 1.73. The predicted molar refractivity (Wildman–Crippen MR) is 75.8 cm³/mol. The lowest BCUT2D eigenvalue weighted by Crippen LogP contribution is -2.18. The standard InChI is InChI=1S/C14H16N4O3/c1-9-7-12(18-21-9)14(20)17-11-5-6-16-10(8-11)3-4-13(19)15-2/h5-8H,3-4H2,1-2H3,(H,15,19)(H,16,17,20). The number of hydrogen-bond acceptors (Lipinski definition) is 5. The Morgan fingerprint density at radius 2 is 2.14 bits per heavy atom. The Morgan fingerprint density at radius 3 is 2.81 bits per heavy atom.